The number of hydrogen-bond donors (Lipinski definition) is 0. The Labute approximate surface area is 120 Å². The first-order valence-corrected chi connectivity index (χ1v) is 7.38. The molecule has 1 saturated carbocycles. The number of halogens is 1. The van der Waals surface area contributed by atoms with Crippen molar-refractivity contribution in [1.82, 2.24) is 9.88 Å². The van der Waals surface area contributed by atoms with Gasteiger partial charge < -0.3 is 4.90 Å². The van der Waals surface area contributed by atoms with Crippen LogP contribution in [0.3, 0.4) is 0 Å². The first-order chi connectivity index (χ1) is 9.08. The van der Waals surface area contributed by atoms with Gasteiger partial charge in [0.15, 0.2) is 0 Å². The molecule has 19 heavy (non-hydrogen) atoms. The zero-order chi connectivity index (χ0) is 13.8. The molecule has 0 atom stereocenters. The van der Waals surface area contributed by atoms with Crippen molar-refractivity contribution < 1.29 is 4.79 Å². The van der Waals surface area contributed by atoms with Crippen molar-refractivity contribution in [2.45, 2.75) is 45.6 Å². The molecule has 0 aliphatic heterocycles. The normalized spacial score (nSPS) is 16.0. The van der Waals surface area contributed by atoms with E-state index in [1.54, 1.807) is 18.3 Å². The van der Waals surface area contributed by atoms with E-state index in [0.29, 0.717) is 22.7 Å². The van der Waals surface area contributed by atoms with E-state index >= 15 is 0 Å². The molecule has 0 N–H and O–H groups in total. The number of hydrogen-bond acceptors (Lipinski definition) is 2. The van der Waals surface area contributed by atoms with E-state index in [-0.39, 0.29) is 5.91 Å². The standard InChI is InChI=1S/C15H21ClN2O/c1-11(2)10-18(13-5-3-4-6-13)15(19)14-9-12(16)7-8-17-14/h7-9,11,13H,3-6,10H2,1-2H3. The van der Waals surface area contributed by atoms with E-state index in [2.05, 4.69) is 18.8 Å². The number of rotatable bonds is 4. The van der Waals surface area contributed by atoms with Crippen LogP contribution in [0.25, 0.3) is 0 Å². The van der Waals surface area contributed by atoms with Crippen LogP contribution in [-0.4, -0.2) is 28.4 Å². The minimum absolute atomic E-state index is 0.0168. The summed E-state index contributed by atoms with van der Waals surface area (Å²) in [6.45, 7) is 5.07. The maximum atomic E-state index is 12.6. The fourth-order valence-electron chi connectivity index (χ4n) is 2.68. The lowest BCUT2D eigenvalue weighted by Gasteiger charge is -2.30. The van der Waals surface area contributed by atoms with Gasteiger partial charge in [-0.15, -0.1) is 0 Å². The summed E-state index contributed by atoms with van der Waals surface area (Å²) in [5, 5.41) is 0.564. The van der Waals surface area contributed by atoms with Gasteiger partial charge in [-0.2, -0.15) is 0 Å². The molecule has 104 valence electrons. The number of carbonyl (C=O) groups is 1. The fraction of sp³-hybridized carbons (Fsp3) is 0.600. The maximum absolute atomic E-state index is 12.6. The summed E-state index contributed by atoms with van der Waals surface area (Å²) in [6, 6.07) is 3.73. The number of pyridine rings is 1. The molecule has 0 radical (unpaired) electrons. The molecule has 0 spiro atoms. The molecule has 1 aromatic heterocycles. The average Bonchev–Trinajstić information content (AvgIpc) is 2.88. The van der Waals surface area contributed by atoms with Crippen LogP contribution in [0, 0.1) is 5.92 Å². The third kappa shape index (κ3) is 3.69. The average molecular weight is 281 g/mol. The van der Waals surface area contributed by atoms with Gasteiger partial charge in [0.25, 0.3) is 5.91 Å². The van der Waals surface area contributed by atoms with Gasteiger partial charge in [0, 0.05) is 23.8 Å². The fourth-order valence-corrected chi connectivity index (χ4v) is 2.84. The van der Waals surface area contributed by atoms with Crippen molar-refractivity contribution in [1.29, 1.82) is 0 Å². The van der Waals surface area contributed by atoms with Crippen molar-refractivity contribution in [2.75, 3.05) is 6.54 Å². The van der Waals surface area contributed by atoms with E-state index in [0.717, 1.165) is 19.4 Å². The van der Waals surface area contributed by atoms with Crippen molar-refractivity contribution in [3.05, 3.63) is 29.0 Å². The zero-order valence-corrected chi connectivity index (χ0v) is 12.4. The number of aromatic nitrogens is 1. The van der Waals surface area contributed by atoms with Crippen LogP contribution in [0.15, 0.2) is 18.3 Å². The van der Waals surface area contributed by atoms with Crippen LogP contribution >= 0.6 is 11.6 Å². The van der Waals surface area contributed by atoms with Crippen molar-refractivity contribution >= 4 is 17.5 Å². The molecule has 1 fully saturated rings. The van der Waals surface area contributed by atoms with Gasteiger partial charge in [-0.3, -0.25) is 9.78 Å². The van der Waals surface area contributed by atoms with Crippen LogP contribution in [0.4, 0.5) is 0 Å². The summed E-state index contributed by atoms with van der Waals surface area (Å²) >= 11 is 5.95. The topological polar surface area (TPSA) is 33.2 Å². The van der Waals surface area contributed by atoms with Gasteiger partial charge in [-0.25, -0.2) is 0 Å². The minimum atomic E-state index is 0.0168. The number of amides is 1. The van der Waals surface area contributed by atoms with Gasteiger partial charge in [-0.1, -0.05) is 38.3 Å². The summed E-state index contributed by atoms with van der Waals surface area (Å²) in [7, 11) is 0. The largest absolute Gasteiger partial charge is 0.334 e. The first-order valence-electron chi connectivity index (χ1n) is 7.00. The lowest BCUT2D eigenvalue weighted by molar-refractivity contribution is 0.0649. The van der Waals surface area contributed by atoms with Crippen LogP contribution in [-0.2, 0) is 0 Å². The van der Waals surface area contributed by atoms with Gasteiger partial charge in [0.05, 0.1) is 0 Å². The highest BCUT2D eigenvalue weighted by Crippen LogP contribution is 2.25. The minimum Gasteiger partial charge on any atom is -0.334 e. The van der Waals surface area contributed by atoms with Gasteiger partial charge in [0.2, 0.25) is 0 Å². The SMILES string of the molecule is CC(C)CN(C(=O)c1cc(Cl)ccn1)C1CCCC1. The lowest BCUT2D eigenvalue weighted by Crippen LogP contribution is -2.41. The highest BCUT2D eigenvalue weighted by atomic mass is 35.5. The summed E-state index contributed by atoms with van der Waals surface area (Å²) in [4.78, 5) is 18.8. The second-order valence-electron chi connectivity index (χ2n) is 5.65. The zero-order valence-electron chi connectivity index (χ0n) is 11.6. The number of carbonyl (C=O) groups excluding carboxylic acids is 1. The van der Waals surface area contributed by atoms with Gasteiger partial charge in [0.1, 0.15) is 5.69 Å². The highest BCUT2D eigenvalue weighted by molar-refractivity contribution is 6.30. The van der Waals surface area contributed by atoms with Crippen molar-refractivity contribution in [2.24, 2.45) is 5.92 Å². The first kappa shape index (κ1) is 14.3. The maximum Gasteiger partial charge on any atom is 0.272 e. The predicted molar refractivity (Wildman–Crippen MR) is 77.4 cm³/mol. The lowest BCUT2D eigenvalue weighted by atomic mass is 10.1. The Morgan fingerprint density at radius 3 is 2.74 bits per heavy atom. The summed E-state index contributed by atoms with van der Waals surface area (Å²) in [6.07, 6.45) is 6.25. The molecule has 0 bridgehead atoms. The predicted octanol–water partition coefficient (Wildman–Crippen LogP) is 3.78. The molecule has 1 aliphatic carbocycles. The van der Waals surface area contributed by atoms with Crippen LogP contribution in [0.5, 0.6) is 0 Å². The third-order valence-electron chi connectivity index (χ3n) is 3.53. The molecule has 3 nitrogen and oxygen atoms in total. The quantitative estimate of drug-likeness (QED) is 0.841. The van der Waals surface area contributed by atoms with Crippen LogP contribution in [0.1, 0.15) is 50.0 Å². The Kier molecular flexibility index (Phi) is 4.81. The molecule has 1 aromatic rings. The van der Waals surface area contributed by atoms with Crippen molar-refractivity contribution in [3.63, 3.8) is 0 Å². The number of nitrogens with zero attached hydrogens (tertiary/aromatic N) is 2. The van der Waals surface area contributed by atoms with E-state index < -0.39 is 0 Å². The molecule has 2 rings (SSSR count). The third-order valence-corrected chi connectivity index (χ3v) is 3.76. The molecule has 0 unspecified atom stereocenters. The molecule has 0 aromatic carbocycles. The second-order valence-corrected chi connectivity index (χ2v) is 6.09. The Bertz CT molecular complexity index is 442. The Morgan fingerprint density at radius 2 is 2.16 bits per heavy atom. The summed E-state index contributed by atoms with van der Waals surface area (Å²) in [5.74, 6) is 0.479. The molecule has 4 heteroatoms. The van der Waals surface area contributed by atoms with E-state index in [1.165, 1.54) is 12.8 Å². The summed E-state index contributed by atoms with van der Waals surface area (Å²) in [5.41, 5.74) is 0.458. The summed E-state index contributed by atoms with van der Waals surface area (Å²) < 4.78 is 0. The van der Waals surface area contributed by atoms with Crippen LogP contribution < -0.4 is 0 Å². The molecule has 0 saturated heterocycles. The van der Waals surface area contributed by atoms with Gasteiger partial charge in [-0.05, 0) is 30.9 Å². The Morgan fingerprint density at radius 1 is 1.47 bits per heavy atom. The van der Waals surface area contributed by atoms with Crippen molar-refractivity contribution in [3.8, 4) is 0 Å². The molecule has 1 amide bonds. The van der Waals surface area contributed by atoms with E-state index in [9.17, 15) is 4.79 Å². The second kappa shape index (κ2) is 6.38. The van der Waals surface area contributed by atoms with Gasteiger partial charge >= 0.3 is 0 Å². The van der Waals surface area contributed by atoms with Crippen LogP contribution in [0.2, 0.25) is 5.02 Å². The smallest absolute Gasteiger partial charge is 0.272 e. The monoisotopic (exact) mass is 280 g/mol. The molecule has 1 heterocycles. The molecule has 1 aliphatic rings. The molecular formula is C15H21ClN2O. The van der Waals surface area contributed by atoms with E-state index in [4.69, 9.17) is 11.6 Å². The van der Waals surface area contributed by atoms with E-state index in [1.807, 2.05) is 4.90 Å². The Balaban J connectivity index is 2.19. The highest BCUT2D eigenvalue weighted by Gasteiger charge is 2.28. The Hall–Kier alpha value is -1.09. The molecular weight excluding hydrogens is 260 g/mol.